The normalized spacial score (nSPS) is 12.6. The quantitative estimate of drug-likeness (QED) is 0.706. The number of amides is 1. The third-order valence-corrected chi connectivity index (χ3v) is 1.93. The Labute approximate surface area is 97.1 Å². The van der Waals surface area contributed by atoms with E-state index >= 15 is 0 Å². The van der Waals surface area contributed by atoms with Gasteiger partial charge in [-0.15, -0.1) is 23.2 Å². The molecule has 0 saturated carbocycles. The smallest absolute Gasteiger partial charge is 0.228 e. The van der Waals surface area contributed by atoms with Crippen LogP contribution in [0.2, 0.25) is 5.02 Å². The average Bonchev–Trinajstić information content (AvgIpc) is 2.45. The van der Waals surface area contributed by atoms with Gasteiger partial charge in [-0.25, -0.2) is 0 Å². The molecule has 0 atom stereocenters. The van der Waals surface area contributed by atoms with Crippen LogP contribution in [0.4, 0.5) is 5.69 Å². The molecule has 1 heterocycles. The summed E-state index contributed by atoms with van der Waals surface area (Å²) in [4.78, 5) is 10.9. The lowest BCUT2D eigenvalue weighted by molar-refractivity contribution is -0.115. The van der Waals surface area contributed by atoms with Gasteiger partial charge in [-0.2, -0.15) is 0 Å². The summed E-state index contributed by atoms with van der Waals surface area (Å²) in [7, 11) is 0. The summed E-state index contributed by atoms with van der Waals surface area (Å²) in [5, 5.41) is 3.57. The number of fused-ring (bicyclic) bond motifs is 1. The molecule has 1 aromatic rings. The maximum Gasteiger partial charge on any atom is 0.228 e. The summed E-state index contributed by atoms with van der Waals surface area (Å²) in [5.41, 5.74) is 1.88. The Morgan fingerprint density at radius 2 is 2.00 bits per heavy atom. The van der Waals surface area contributed by atoms with Crippen molar-refractivity contribution in [2.75, 3.05) is 10.7 Å². The largest absolute Gasteiger partial charge is 0.325 e. The highest BCUT2D eigenvalue weighted by molar-refractivity contribution is 6.40. The van der Waals surface area contributed by atoms with Crippen LogP contribution in [0.1, 0.15) is 5.56 Å². The van der Waals surface area contributed by atoms with Gasteiger partial charge in [0, 0.05) is 10.7 Å². The molecule has 14 heavy (non-hydrogen) atoms. The minimum Gasteiger partial charge on any atom is -0.325 e. The second-order valence-corrected chi connectivity index (χ2v) is 3.87. The number of hydrogen-bond acceptors (Lipinski definition) is 1. The number of halogens is 3. The molecule has 1 aliphatic heterocycles. The third kappa shape index (κ3) is 3.05. The second-order valence-electron chi connectivity index (χ2n) is 2.63. The Bertz CT molecular complexity index is 341. The van der Waals surface area contributed by atoms with Crippen molar-refractivity contribution in [1.29, 1.82) is 0 Å². The van der Waals surface area contributed by atoms with Gasteiger partial charge in [0.2, 0.25) is 5.91 Å². The first-order chi connectivity index (χ1) is 6.67. The van der Waals surface area contributed by atoms with Crippen molar-refractivity contribution in [2.24, 2.45) is 0 Å². The summed E-state index contributed by atoms with van der Waals surface area (Å²) >= 11 is 15.2. The van der Waals surface area contributed by atoms with Gasteiger partial charge >= 0.3 is 0 Å². The fraction of sp³-hybridized carbons (Fsp3) is 0.222. The first kappa shape index (κ1) is 11.6. The van der Waals surface area contributed by atoms with Crippen LogP contribution in [-0.4, -0.2) is 11.2 Å². The van der Waals surface area contributed by atoms with E-state index in [1.807, 2.05) is 6.07 Å². The summed E-state index contributed by atoms with van der Waals surface area (Å²) in [6.45, 7) is 0. The minimum absolute atomic E-state index is 0.0438. The highest BCUT2D eigenvalue weighted by Crippen LogP contribution is 2.25. The molecule has 1 aromatic carbocycles. The molecule has 76 valence electrons. The van der Waals surface area contributed by atoms with E-state index in [9.17, 15) is 4.79 Å². The van der Waals surface area contributed by atoms with Crippen LogP contribution >= 0.6 is 34.8 Å². The molecule has 0 fully saturated rings. The number of alkyl halides is 2. The molecule has 2 rings (SSSR count). The van der Waals surface area contributed by atoms with Gasteiger partial charge in [0.1, 0.15) is 0 Å². The van der Waals surface area contributed by atoms with Crippen LogP contribution in [0.3, 0.4) is 0 Å². The zero-order chi connectivity index (χ0) is 10.6. The van der Waals surface area contributed by atoms with Gasteiger partial charge in [0.15, 0.2) is 0 Å². The Balaban J connectivity index is 0.000000293. The zero-order valence-electron chi connectivity index (χ0n) is 7.19. The molecule has 0 unspecified atom stereocenters. The predicted octanol–water partition coefficient (Wildman–Crippen LogP) is 3.26. The molecular formula is C9H8Cl3NO. The van der Waals surface area contributed by atoms with Gasteiger partial charge < -0.3 is 5.32 Å². The SMILES string of the molecule is ClCCl.O=C1Cc2ccc(Cl)cc2N1. The van der Waals surface area contributed by atoms with Crippen LogP contribution < -0.4 is 5.32 Å². The van der Waals surface area contributed by atoms with Crippen LogP contribution in [-0.2, 0) is 11.2 Å². The van der Waals surface area contributed by atoms with Crippen molar-refractivity contribution in [3.63, 3.8) is 0 Å². The van der Waals surface area contributed by atoms with E-state index in [0.717, 1.165) is 11.3 Å². The fourth-order valence-electron chi connectivity index (χ4n) is 1.19. The molecule has 0 radical (unpaired) electrons. The van der Waals surface area contributed by atoms with Gasteiger partial charge in [-0.05, 0) is 17.7 Å². The Hall–Kier alpha value is -0.440. The number of anilines is 1. The molecule has 0 aliphatic carbocycles. The number of rotatable bonds is 0. The highest BCUT2D eigenvalue weighted by atomic mass is 35.5. The fourth-order valence-corrected chi connectivity index (χ4v) is 1.36. The number of benzene rings is 1. The van der Waals surface area contributed by atoms with Gasteiger partial charge in [-0.1, -0.05) is 17.7 Å². The lowest BCUT2D eigenvalue weighted by Crippen LogP contribution is -2.03. The second kappa shape index (κ2) is 5.44. The van der Waals surface area contributed by atoms with Crippen molar-refractivity contribution in [3.05, 3.63) is 28.8 Å². The first-order valence-corrected chi connectivity index (χ1v) is 5.32. The van der Waals surface area contributed by atoms with Crippen molar-refractivity contribution < 1.29 is 4.79 Å². The van der Waals surface area contributed by atoms with Crippen molar-refractivity contribution in [3.8, 4) is 0 Å². The lowest BCUT2D eigenvalue weighted by atomic mass is 10.2. The summed E-state index contributed by atoms with van der Waals surface area (Å²) in [5.74, 6) is 0.0438. The number of carbonyl (C=O) groups is 1. The molecule has 1 aliphatic rings. The van der Waals surface area contributed by atoms with Crippen LogP contribution in [0.25, 0.3) is 0 Å². The molecule has 1 N–H and O–H groups in total. The summed E-state index contributed by atoms with van der Waals surface area (Å²) < 4.78 is 0. The highest BCUT2D eigenvalue weighted by Gasteiger charge is 2.16. The Morgan fingerprint density at radius 1 is 1.36 bits per heavy atom. The summed E-state index contributed by atoms with van der Waals surface area (Å²) in [6.07, 6.45) is 0.479. The first-order valence-electron chi connectivity index (χ1n) is 3.87. The lowest BCUT2D eigenvalue weighted by Gasteiger charge is -1.96. The van der Waals surface area contributed by atoms with Crippen molar-refractivity contribution in [2.45, 2.75) is 6.42 Å². The molecular weight excluding hydrogens is 244 g/mol. The summed E-state index contributed by atoms with van der Waals surface area (Å²) in [6, 6.07) is 5.43. The molecule has 5 heteroatoms. The molecule has 0 saturated heterocycles. The molecule has 0 bridgehead atoms. The van der Waals surface area contributed by atoms with E-state index in [-0.39, 0.29) is 11.2 Å². The van der Waals surface area contributed by atoms with Gasteiger partial charge in [-0.3, -0.25) is 4.79 Å². The van der Waals surface area contributed by atoms with Crippen LogP contribution in [0.15, 0.2) is 18.2 Å². The number of nitrogens with one attached hydrogen (secondary N) is 1. The Morgan fingerprint density at radius 3 is 2.64 bits per heavy atom. The van der Waals surface area contributed by atoms with Crippen molar-refractivity contribution in [1.82, 2.24) is 0 Å². The van der Waals surface area contributed by atoms with Crippen LogP contribution in [0.5, 0.6) is 0 Å². The van der Waals surface area contributed by atoms with Crippen molar-refractivity contribution >= 4 is 46.4 Å². The predicted molar refractivity (Wildman–Crippen MR) is 60.4 cm³/mol. The molecule has 0 spiro atoms. The maximum atomic E-state index is 10.9. The van der Waals surface area contributed by atoms with E-state index in [1.54, 1.807) is 12.1 Å². The minimum atomic E-state index is 0.0438. The monoisotopic (exact) mass is 251 g/mol. The number of carbonyl (C=O) groups excluding carboxylic acids is 1. The average molecular weight is 253 g/mol. The molecule has 0 aromatic heterocycles. The standard InChI is InChI=1S/C8H6ClNO.CH2Cl2/c9-6-2-1-5-3-8(11)10-7(5)4-6;2-1-3/h1-2,4H,3H2,(H,10,11);1H2. The molecule has 2 nitrogen and oxygen atoms in total. The maximum absolute atomic E-state index is 10.9. The van der Waals surface area contributed by atoms with Crippen LogP contribution in [0, 0.1) is 0 Å². The molecule has 1 amide bonds. The van der Waals surface area contributed by atoms with Gasteiger partial charge in [0.05, 0.1) is 11.8 Å². The van der Waals surface area contributed by atoms with E-state index in [2.05, 4.69) is 5.32 Å². The Kier molecular flexibility index (Phi) is 4.52. The van der Waals surface area contributed by atoms with E-state index < -0.39 is 0 Å². The third-order valence-electron chi connectivity index (χ3n) is 1.70. The zero-order valence-corrected chi connectivity index (χ0v) is 9.46. The van der Waals surface area contributed by atoms with E-state index in [0.29, 0.717) is 11.4 Å². The van der Waals surface area contributed by atoms with Gasteiger partial charge in [0.25, 0.3) is 0 Å². The number of hydrogen-bond donors (Lipinski definition) is 1. The van der Waals surface area contributed by atoms with E-state index in [1.165, 1.54) is 0 Å². The topological polar surface area (TPSA) is 29.1 Å². The van der Waals surface area contributed by atoms with E-state index in [4.69, 9.17) is 34.8 Å².